The molecule has 6 rings (SSSR count). The summed E-state index contributed by atoms with van der Waals surface area (Å²) >= 11 is 6.19. The van der Waals surface area contributed by atoms with Crippen molar-refractivity contribution in [3.63, 3.8) is 0 Å². The summed E-state index contributed by atoms with van der Waals surface area (Å²) in [5.74, 6) is -0.356. The highest BCUT2D eigenvalue weighted by atomic mass is 35.5. The third-order valence-corrected chi connectivity index (χ3v) is 8.14. The lowest BCUT2D eigenvalue weighted by Crippen LogP contribution is -2.43. The van der Waals surface area contributed by atoms with Crippen molar-refractivity contribution in [2.45, 2.75) is 13.3 Å². The van der Waals surface area contributed by atoms with Crippen LogP contribution in [-0.2, 0) is 0 Å². The molecule has 14 heteroatoms. The molecular weight excluding hydrogens is 658 g/mol. The van der Waals surface area contributed by atoms with Gasteiger partial charge in [0.1, 0.15) is 11.6 Å². The van der Waals surface area contributed by atoms with Crippen LogP contribution in [0.5, 0.6) is 28.7 Å². The first-order valence-electron chi connectivity index (χ1n) is 15.8. The topological polar surface area (TPSA) is 112 Å². The Bertz CT molecular complexity index is 1950. The van der Waals surface area contributed by atoms with E-state index in [1.54, 1.807) is 38.4 Å². The molecule has 3 aromatic carbocycles. The normalized spacial score (nSPS) is 13.3. The molecule has 1 amide bonds. The highest BCUT2D eigenvalue weighted by Gasteiger charge is 2.21. The SMILES string of the molecule is CCOc1cn(-c2ccc(F)cc2Cl)nc1C(=O)Nc1ccc(Oc2ccnc3cc(OCCCN4CCNCC4)c(OC)cc23)c(F)c1. The molecule has 256 valence electrons. The maximum atomic E-state index is 15.4. The molecule has 49 heavy (non-hydrogen) atoms. The van der Waals surface area contributed by atoms with Crippen LogP contribution < -0.4 is 29.6 Å². The van der Waals surface area contributed by atoms with Crippen molar-refractivity contribution in [3.8, 4) is 34.4 Å². The lowest BCUT2D eigenvalue weighted by atomic mass is 10.1. The van der Waals surface area contributed by atoms with Gasteiger partial charge in [0.05, 0.1) is 42.7 Å². The minimum atomic E-state index is -0.715. The van der Waals surface area contributed by atoms with E-state index < -0.39 is 17.5 Å². The maximum Gasteiger partial charge on any atom is 0.280 e. The highest BCUT2D eigenvalue weighted by molar-refractivity contribution is 6.32. The van der Waals surface area contributed by atoms with Crippen molar-refractivity contribution < 1.29 is 32.5 Å². The second kappa shape index (κ2) is 15.5. The number of methoxy groups -OCH3 is 1. The Morgan fingerprint density at radius 2 is 1.82 bits per heavy atom. The Kier molecular flexibility index (Phi) is 10.7. The summed E-state index contributed by atoms with van der Waals surface area (Å²) in [6.45, 7) is 7.54. The van der Waals surface area contributed by atoms with Gasteiger partial charge in [-0.3, -0.25) is 9.78 Å². The second-order valence-electron chi connectivity index (χ2n) is 11.1. The molecule has 3 heterocycles. The number of nitrogens with zero attached hydrogens (tertiary/aromatic N) is 4. The van der Waals surface area contributed by atoms with E-state index >= 15 is 4.39 Å². The Labute approximate surface area is 286 Å². The average Bonchev–Trinajstić information content (AvgIpc) is 3.52. The van der Waals surface area contributed by atoms with Crippen LogP contribution >= 0.6 is 11.6 Å². The van der Waals surface area contributed by atoms with Gasteiger partial charge in [-0.2, -0.15) is 5.10 Å². The van der Waals surface area contributed by atoms with Gasteiger partial charge in [-0.1, -0.05) is 11.6 Å². The number of benzene rings is 3. The van der Waals surface area contributed by atoms with E-state index in [1.807, 2.05) is 0 Å². The quantitative estimate of drug-likeness (QED) is 0.134. The predicted molar refractivity (Wildman–Crippen MR) is 182 cm³/mol. The minimum absolute atomic E-state index is 0.0666. The highest BCUT2D eigenvalue weighted by Crippen LogP contribution is 2.38. The molecule has 0 radical (unpaired) electrons. The van der Waals surface area contributed by atoms with Gasteiger partial charge in [0.25, 0.3) is 5.91 Å². The van der Waals surface area contributed by atoms with Gasteiger partial charge in [0, 0.05) is 62.1 Å². The first-order chi connectivity index (χ1) is 23.8. The molecule has 2 N–H and O–H groups in total. The zero-order valence-electron chi connectivity index (χ0n) is 27.0. The smallest absolute Gasteiger partial charge is 0.280 e. The largest absolute Gasteiger partial charge is 0.493 e. The van der Waals surface area contributed by atoms with Crippen molar-refractivity contribution in [2.75, 3.05) is 58.4 Å². The molecule has 0 spiro atoms. The van der Waals surface area contributed by atoms with E-state index in [0.29, 0.717) is 40.4 Å². The number of carbonyl (C=O) groups is 1. The fourth-order valence-electron chi connectivity index (χ4n) is 5.43. The number of pyridine rings is 1. The third kappa shape index (κ3) is 8.02. The van der Waals surface area contributed by atoms with Gasteiger partial charge in [-0.05, 0) is 55.8 Å². The lowest BCUT2D eigenvalue weighted by Gasteiger charge is -2.27. The number of aromatic nitrogens is 3. The number of carbonyl (C=O) groups excluding carboxylic acids is 1. The second-order valence-corrected chi connectivity index (χ2v) is 11.5. The average molecular weight is 693 g/mol. The van der Waals surface area contributed by atoms with E-state index in [1.165, 1.54) is 35.1 Å². The van der Waals surface area contributed by atoms with Gasteiger partial charge in [-0.15, -0.1) is 0 Å². The molecule has 0 aliphatic carbocycles. The summed E-state index contributed by atoms with van der Waals surface area (Å²) in [6.07, 6.45) is 3.90. The van der Waals surface area contributed by atoms with Crippen LogP contribution in [0.2, 0.25) is 5.02 Å². The summed E-state index contributed by atoms with van der Waals surface area (Å²) in [6, 6.07) is 13.0. The van der Waals surface area contributed by atoms with Crippen molar-refractivity contribution in [1.29, 1.82) is 0 Å². The molecule has 0 bridgehead atoms. The van der Waals surface area contributed by atoms with Crippen LogP contribution in [0.4, 0.5) is 14.5 Å². The van der Waals surface area contributed by atoms with E-state index in [-0.39, 0.29) is 34.5 Å². The molecule has 11 nitrogen and oxygen atoms in total. The Morgan fingerprint density at radius 1 is 0.980 bits per heavy atom. The first-order valence-corrected chi connectivity index (χ1v) is 16.2. The summed E-state index contributed by atoms with van der Waals surface area (Å²) < 4.78 is 53.5. The lowest BCUT2D eigenvalue weighted by molar-refractivity contribution is 0.101. The summed E-state index contributed by atoms with van der Waals surface area (Å²) in [4.78, 5) is 20.1. The number of amides is 1. The van der Waals surface area contributed by atoms with Crippen LogP contribution in [0.1, 0.15) is 23.8 Å². The van der Waals surface area contributed by atoms with Crippen LogP contribution in [0.3, 0.4) is 0 Å². The summed E-state index contributed by atoms with van der Waals surface area (Å²) in [5.41, 5.74) is 1.03. The van der Waals surface area contributed by atoms with E-state index in [4.69, 9.17) is 30.5 Å². The Hall–Kier alpha value is -4.98. The molecule has 0 atom stereocenters. The van der Waals surface area contributed by atoms with E-state index in [9.17, 15) is 9.18 Å². The summed E-state index contributed by atoms with van der Waals surface area (Å²) in [5, 5.41) is 11.0. The molecule has 1 fully saturated rings. The molecule has 1 aliphatic heterocycles. The fraction of sp³-hybridized carbons (Fsp3) is 0.286. The third-order valence-electron chi connectivity index (χ3n) is 7.83. The number of ether oxygens (including phenoxy) is 4. The van der Waals surface area contributed by atoms with Gasteiger partial charge in [-0.25, -0.2) is 13.5 Å². The van der Waals surface area contributed by atoms with Crippen molar-refractivity contribution in [2.24, 2.45) is 0 Å². The van der Waals surface area contributed by atoms with Crippen LogP contribution in [0.25, 0.3) is 16.6 Å². The van der Waals surface area contributed by atoms with Crippen LogP contribution in [0.15, 0.2) is 67.0 Å². The maximum absolute atomic E-state index is 15.4. The van der Waals surface area contributed by atoms with Gasteiger partial charge >= 0.3 is 0 Å². The number of fused-ring (bicyclic) bond motifs is 1. The standard InChI is InChI=1S/C35H35ClF2N6O5/c1-3-47-33-21-44(28-7-5-22(37)17-25(28)36)42-34(33)35(45)41-23-6-8-30(26(38)18-23)49-29-9-10-40-27-20-32(31(46-2)19-24(27)29)48-16-4-13-43-14-11-39-12-15-43/h5-10,17-21,39H,3-4,11-16H2,1-2H3,(H,41,45). The zero-order chi connectivity index (χ0) is 34.3. The minimum Gasteiger partial charge on any atom is -0.493 e. The van der Waals surface area contributed by atoms with Crippen molar-refractivity contribution in [3.05, 3.63) is 89.3 Å². The number of anilines is 1. The predicted octanol–water partition coefficient (Wildman–Crippen LogP) is 6.48. The fourth-order valence-corrected chi connectivity index (χ4v) is 5.69. The Balaban J connectivity index is 1.15. The monoisotopic (exact) mass is 692 g/mol. The number of nitrogens with one attached hydrogen (secondary N) is 2. The first kappa shape index (κ1) is 33.9. The van der Waals surface area contributed by atoms with E-state index in [0.717, 1.165) is 51.3 Å². The number of piperazine rings is 1. The summed E-state index contributed by atoms with van der Waals surface area (Å²) in [7, 11) is 1.55. The van der Waals surface area contributed by atoms with Gasteiger partial charge in [0.15, 0.2) is 34.5 Å². The molecule has 0 saturated carbocycles. The Morgan fingerprint density at radius 3 is 2.57 bits per heavy atom. The van der Waals surface area contributed by atoms with Crippen molar-refractivity contribution in [1.82, 2.24) is 25.0 Å². The van der Waals surface area contributed by atoms with Crippen LogP contribution in [-0.4, -0.2) is 78.6 Å². The molecule has 1 aliphatic rings. The zero-order valence-corrected chi connectivity index (χ0v) is 27.7. The molecule has 5 aromatic rings. The molecular formula is C35H35ClF2N6O5. The molecule has 1 saturated heterocycles. The van der Waals surface area contributed by atoms with Crippen LogP contribution in [0, 0.1) is 11.6 Å². The van der Waals surface area contributed by atoms with Gasteiger partial charge in [0.2, 0.25) is 0 Å². The number of hydrogen-bond acceptors (Lipinski definition) is 9. The van der Waals surface area contributed by atoms with Gasteiger partial charge < -0.3 is 34.5 Å². The molecule has 2 aromatic heterocycles. The van der Waals surface area contributed by atoms with Crippen molar-refractivity contribution >= 4 is 34.1 Å². The van der Waals surface area contributed by atoms with E-state index in [2.05, 4.69) is 25.6 Å². The number of hydrogen-bond donors (Lipinski definition) is 2. The molecule has 0 unspecified atom stereocenters. The number of rotatable bonds is 13. The number of halogens is 3.